The predicted molar refractivity (Wildman–Crippen MR) is 95.8 cm³/mol. The number of ether oxygens (including phenoxy) is 3. The number of hydrogen-bond acceptors (Lipinski definition) is 9. The number of likely N-dealkylation sites (tertiary alicyclic amines) is 1. The van der Waals surface area contributed by atoms with Crippen molar-refractivity contribution < 1.29 is 41.8 Å². The number of rotatable bonds is 6. The Balaban J connectivity index is 2.01. The maximum absolute atomic E-state index is 12.2. The minimum Gasteiger partial charge on any atom is -0.445 e. The molecule has 0 saturated carbocycles. The molecular formula is C15H16ClN3O9S. The molecule has 0 bridgehead atoms. The Morgan fingerprint density at radius 1 is 1.17 bits per heavy atom. The molecule has 2 atom stereocenters. The zero-order chi connectivity index (χ0) is 21.6. The average molecular weight is 450 g/mol. The molecule has 1 heterocycles. The Hall–Kier alpha value is -3.06. The van der Waals surface area contributed by atoms with E-state index in [4.69, 9.17) is 15.4 Å². The molecule has 0 spiro atoms. The van der Waals surface area contributed by atoms with Crippen LogP contribution in [0.5, 0.6) is 0 Å². The van der Waals surface area contributed by atoms with Gasteiger partial charge in [-0.15, -0.1) is 0 Å². The van der Waals surface area contributed by atoms with E-state index in [-0.39, 0.29) is 6.61 Å². The van der Waals surface area contributed by atoms with E-state index in [1.807, 2.05) is 0 Å². The summed E-state index contributed by atoms with van der Waals surface area (Å²) in [6, 6.07) is 4.79. The lowest BCUT2D eigenvalue weighted by Crippen LogP contribution is -2.74. The highest BCUT2D eigenvalue weighted by Gasteiger charge is 2.53. The standard InChI is InChI=1S/C15H16ClN3O9S/c1-26-15(23)28-8-10-11(12(20)19(10)13(21)18-29(16,24)25)17-14(22)27-7-9-5-3-2-4-6-9/h2-6,10-11H,7-8H2,1H3,(H,17,22)(H,18,21)/t10-,11+/m0/s1. The van der Waals surface area contributed by atoms with E-state index in [1.165, 1.54) is 4.72 Å². The number of hydrogen-bond donors (Lipinski definition) is 2. The van der Waals surface area contributed by atoms with Gasteiger partial charge >= 0.3 is 27.5 Å². The fourth-order valence-corrected chi connectivity index (χ4v) is 2.89. The molecule has 158 valence electrons. The molecule has 14 heteroatoms. The van der Waals surface area contributed by atoms with Gasteiger partial charge in [0.15, 0.2) is 0 Å². The largest absolute Gasteiger partial charge is 0.508 e. The first kappa shape index (κ1) is 22.2. The van der Waals surface area contributed by atoms with Crippen LogP contribution in [-0.2, 0) is 34.8 Å². The Bertz CT molecular complexity index is 894. The number of β-lactam (4-membered cyclic amide) rings is 1. The van der Waals surface area contributed by atoms with E-state index in [2.05, 4.69) is 14.8 Å². The summed E-state index contributed by atoms with van der Waals surface area (Å²) in [4.78, 5) is 47.7. The van der Waals surface area contributed by atoms with Crippen molar-refractivity contribution in [3.63, 3.8) is 0 Å². The van der Waals surface area contributed by atoms with Crippen LogP contribution in [0.4, 0.5) is 14.4 Å². The SMILES string of the molecule is COC(=O)OC[C@H]1[C@@H](NC(=O)OCc2ccccc2)C(=O)N1C(=O)NS(=O)(=O)Cl. The van der Waals surface area contributed by atoms with Crippen molar-refractivity contribution in [1.82, 2.24) is 14.9 Å². The van der Waals surface area contributed by atoms with Gasteiger partial charge in [0.1, 0.15) is 25.3 Å². The Kier molecular flexibility index (Phi) is 7.23. The lowest BCUT2D eigenvalue weighted by atomic mass is 9.96. The van der Waals surface area contributed by atoms with Gasteiger partial charge in [0.25, 0.3) is 5.91 Å². The Morgan fingerprint density at radius 2 is 1.83 bits per heavy atom. The molecule has 4 amide bonds. The van der Waals surface area contributed by atoms with Gasteiger partial charge in [-0.2, -0.15) is 8.42 Å². The van der Waals surface area contributed by atoms with Crippen LogP contribution in [0.3, 0.4) is 0 Å². The molecule has 1 aliphatic heterocycles. The number of alkyl carbamates (subject to hydrolysis) is 1. The van der Waals surface area contributed by atoms with Crippen LogP contribution in [0.2, 0.25) is 0 Å². The van der Waals surface area contributed by atoms with E-state index in [1.54, 1.807) is 30.3 Å². The van der Waals surface area contributed by atoms with Gasteiger partial charge in [0.2, 0.25) is 0 Å². The second kappa shape index (κ2) is 9.43. The molecular weight excluding hydrogens is 434 g/mol. The topological polar surface area (TPSA) is 157 Å². The molecule has 0 radical (unpaired) electrons. The van der Waals surface area contributed by atoms with Crippen LogP contribution in [0, 0.1) is 0 Å². The fraction of sp³-hybridized carbons (Fsp3) is 0.333. The van der Waals surface area contributed by atoms with Gasteiger partial charge < -0.3 is 19.5 Å². The highest BCUT2D eigenvalue weighted by molar-refractivity contribution is 8.12. The molecule has 1 aromatic carbocycles. The molecule has 29 heavy (non-hydrogen) atoms. The minimum absolute atomic E-state index is 0.0778. The number of imide groups is 1. The van der Waals surface area contributed by atoms with Crippen molar-refractivity contribution in [2.24, 2.45) is 0 Å². The number of carbonyl (C=O) groups is 4. The van der Waals surface area contributed by atoms with Crippen molar-refractivity contribution in [1.29, 1.82) is 0 Å². The number of carbonyl (C=O) groups excluding carboxylic acids is 4. The number of benzene rings is 1. The quantitative estimate of drug-likeness (QED) is 0.357. The van der Waals surface area contributed by atoms with Crippen LogP contribution >= 0.6 is 10.7 Å². The third-order valence-electron chi connectivity index (χ3n) is 3.67. The lowest BCUT2D eigenvalue weighted by molar-refractivity contribution is -0.147. The van der Waals surface area contributed by atoms with Crippen LogP contribution < -0.4 is 10.0 Å². The van der Waals surface area contributed by atoms with Crippen molar-refractivity contribution in [2.45, 2.75) is 18.7 Å². The van der Waals surface area contributed by atoms with E-state index in [0.29, 0.717) is 10.5 Å². The predicted octanol–water partition coefficient (Wildman–Crippen LogP) is 0.468. The van der Waals surface area contributed by atoms with E-state index in [0.717, 1.165) is 7.11 Å². The van der Waals surface area contributed by atoms with Crippen LogP contribution in [0.25, 0.3) is 0 Å². The zero-order valence-corrected chi connectivity index (χ0v) is 16.4. The van der Waals surface area contributed by atoms with Crippen molar-refractivity contribution >= 4 is 44.1 Å². The number of nitrogens with one attached hydrogen (secondary N) is 2. The molecule has 1 fully saturated rings. The summed E-state index contributed by atoms with van der Waals surface area (Å²) < 4.78 is 37.3. The van der Waals surface area contributed by atoms with E-state index >= 15 is 0 Å². The molecule has 1 saturated heterocycles. The third-order valence-corrected chi connectivity index (χ3v) is 4.32. The third kappa shape index (κ3) is 6.22. The maximum Gasteiger partial charge on any atom is 0.508 e. The highest BCUT2D eigenvalue weighted by Crippen LogP contribution is 2.22. The number of urea groups is 1. The van der Waals surface area contributed by atoms with Gasteiger partial charge in [-0.1, -0.05) is 30.3 Å². The number of halogens is 1. The molecule has 0 unspecified atom stereocenters. The summed E-state index contributed by atoms with van der Waals surface area (Å²) in [5.41, 5.74) is 0.696. The summed E-state index contributed by atoms with van der Waals surface area (Å²) in [5.74, 6) is -0.960. The molecule has 12 nitrogen and oxygen atoms in total. The molecule has 0 aliphatic carbocycles. The summed E-state index contributed by atoms with van der Waals surface area (Å²) in [6.07, 6.45) is -2.08. The molecule has 2 N–H and O–H groups in total. The number of amides is 4. The van der Waals surface area contributed by atoms with Crippen molar-refractivity contribution in [3.8, 4) is 0 Å². The monoisotopic (exact) mass is 449 g/mol. The van der Waals surface area contributed by atoms with E-state index in [9.17, 15) is 27.6 Å². The fourth-order valence-electron chi connectivity index (χ4n) is 2.38. The molecule has 2 rings (SSSR count). The van der Waals surface area contributed by atoms with Gasteiger partial charge in [0, 0.05) is 10.7 Å². The van der Waals surface area contributed by atoms with Crippen molar-refractivity contribution in [3.05, 3.63) is 35.9 Å². The highest BCUT2D eigenvalue weighted by atomic mass is 35.7. The summed E-state index contributed by atoms with van der Waals surface area (Å²) in [7, 11) is 1.49. The van der Waals surface area contributed by atoms with Gasteiger partial charge in [-0.25, -0.2) is 19.1 Å². The van der Waals surface area contributed by atoms with E-state index < -0.39 is 52.1 Å². The first-order valence-corrected chi connectivity index (χ1v) is 10.2. The van der Waals surface area contributed by atoms with Crippen LogP contribution in [0.1, 0.15) is 5.56 Å². The Morgan fingerprint density at radius 3 is 2.41 bits per heavy atom. The summed E-state index contributed by atoms with van der Waals surface area (Å²) in [5, 5.41) is 2.23. The van der Waals surface area contributed by atoms with Gasteiger partial charge in [-0.05, 0) is 5.56 Å². The first-order chi connectivity index (χ1) is 13.6. The maximum atomic E-state index is 12.2. The minimum atomic E-state index is -4.47. The Labute approximate surface area is 169 Å². The van der Waals surface area contributed by atoms with Crippen LogP contribution in [-0.4, -0.2) is 63.3 Å². The van der Waals surface area contributed by atoms with Gasteiger partial charge in [-0.3, -0.25) is 9.69 Å². The first-order valence-electron chi connectivity index (χ1n) is 7.89. The molecule has 0 aromatic heterocycles. The second-order valence-electron chi connectivity index (χ2n) is 5.57. The zero-order valence-electron chi connectivity index (χ0n) is 14.9. The van der Waals surface area contributed by atoms with Crippen LogP contribution in [0.15, 0.2) is 30.3 Å². The summed E-state index contributed by atoms with van der Waals surface area (Å²) in [6.45, 7) is -0.649. The van der Waals surface area contributed by atoms with Crippen molar-refractivity contribution in [2.75, 3.05) is 13.7 Å². The smallest absolute Gasteiger partial charge is 0.445 e. The normalized spacial score (nSPS) is 18.3. The summed E-state index contributed by atoms with van der Waals surface area (Å²) >= 11 is 0. The number of nitrogens with zero attached hydrogens (tertiary/aromatic N) is 1. The average Bonchev–Trinajstić information content (AvgIpc) is 2.66. The number of methoxy groups -OCH3 is 1. The molecule has 1 aromatic rings. The second-order valence-corrected chi connectivity index (χ2v) is 7.87. The lowest BCUT2D eigenvalue weighted by Gasteiger charge is -2.44. The van der Waals surface area contributed by atoms with Gasteiger partial charge in [0.05, 0.1) is 7.11 Å². The molecule has 1 aliphatic rings.